The van der Waals surface area contributed by atoms with Crippen LogP contribution in [0.25, 0.3) is 6.08 Å². The number of rotatable bonds is 8. The molecular weight excluding hydrogens is 398 g/mol. The Morgan fingerprint density at radius 2 is 1.50 bits per heavy atom. The van der Waals surface area contributed by atoms with E-state index in [4.69, 9.17) is 4.74 Å². The van der Waals surface area contributed by atoms with E-state index in [-0.39, 0.29) is 11.7 Å². The fraction of sp³-hybridized carbons (Fsp3) is 0.190. The minimum atomic E-state index is -2.91. The van der Waals surface area contributed by atoms with Gasteiger partial charge in [0.15, 0.2) is 6.10 Å². The second kappa shape index (κ2) is 10.7. The van der Waals surface area contributed by atoms with Crippen molar-refractivity contribution in [3.8, 4) is 5.75 Å². The van der Waals surface area contributed by atoms with Gasteiger partial charge in [-0.15, -0.1) is 0 Å². The monoisotopic (exact) mass is 418 g/mol. The number of hydrogen-bond acceptors (Lipinski definition) is 5. The summed E-state index contributed by atoms with van der Waals surface area (Å²) in [6, 6.07) is 12.1. The lowest BCUT2D eigenvalue weighted by Crippen LogP contribution is -2.29. The van der Waals surface area contributed by atoms with Crippen LogP contribution in [0.1, 0.15) is 19.4 Å². The van der Waals surface area contributed by atoms with Crippen molar-refractivity contribution in [1.29, 1.82) is 0 Å². The summed E-state index contributed by atoms with van der Waals surface area (Å²) in [7, 11) is 0. The van der Waals surface area contributed by atoms with Crippen LogP contribution in [0.15, 0.2) is 54.6 Å². The molecule has 158 valence electrons. The zero-order valence-corrected chi connectivity index (χ0v) is 16.2. The van der Waals surface area contributed by atoms with Crippen LogP contribution in [0.2, 0.25) is 0 Å². The summed E-state index contributed by atoms with van der Waals surface area (Å²) < 4.78 is 33.5. The highest BCUT2D eigenvalue weighted by Gasteiger charge is 2.16. The summed E-state index contributed by atoms with van der Waals surface area (Å²) in [5.41, 5.74) is 1.61. The van der Waals surface area contributed by atoms with Gasteiger partial charge >= 0.3 is 12.6 Å². The van der Waals surface area contributed by atoms with Crippen molar-refractivity contribution in [2.75, 3.05) is 10.6 Å². The number of ether oxygens (including phenoxy) is 2. The van der Waals surface area contributed by atoms with Crippen molar-refractivity contribution in [1.82, 2.24) is 0 Å². The van der Waals surface area contributed by atoms with Gasteiger partial charge in [0.25, 0.3) is 5.91 Å². The summed E-state index contributed by atoms with van der Waals surface area (Å²) in [6.07, 6.45) is 1.48. The van der Waals surface area contributed by atoms with Crippen molar-refractivity contribution in [2.24, 2.45) is 0 Å². The van der Waals surface area contributed by atoms with Gasteiger partial charge in [0.1, 0.15) is 5.75 Å². The van der Waals surface area contributed by atoms with E-state index in [0.29, 0.717) is 16.9 Å². The minimum Gasteiger partial charge on any atom is -0.449 e. The number of amides is 2. The Hall–Kier alpha value is -3.75. The van der Waals surface area contributed by atoms with Crippen molar-refractivity contribution >= 4 is 35.2 Å². The summed E-state index contributed by atoms with van der Waals surface area (Å²) in [6.45, 7) is -0.107. The number of alkyl halides is 2. The molecule has 0 fully saturated rings. The average Bonchev–Trinajstić information content (AvgIpc) is 2.68. The Morgan fingerprint density at radius 3 is 2.03 bits per heavy atom. The normalized spacial score (nSPS) is 11.8. The Bertz CT molecular complexity index is 912. The molecule has 2 rings (SSSR count). The molecule has 0 unspecified atom stereocenters. The predicted octanol–water partition coefficient (Wildman–Crippen LogP) is 3.83. The number of carbonyl (C=O) groups excluding carboxylic acids is 3. The molecule has 0 saturated carbocycles. The van der Waals surface area contributed by atoms with E-state index in [2.05, 4.69) is 15.4 Å². The lowest BCUT2D eigenvalue weighted by atomic mass is 10.2. The Labute approximate surface area is 171 Å². The smallest absolute Gasteiger partial charge is 0.387 e. The summed E-state index contributed by atoms with van der Waals surface area (Å²) >= 11 is 0. The molecule has 2 N–H and O–H groups in total. The van der Waals surface area contributed by atoms with Gasteiger partial charge < -0.3 is 20.1 Å². The lowest BCUT2D eigenvalue weighted by Gasteiger charge is -2.12. The first kappa shape index (κ1) is 22.5. The maximum absolute atomic E-state index is 12.2. The van der Waals surface area contributed by atoms with E-state index in [0.717, 1.165) is 6.08 Å². The number of nitrogens with one attached hydrogen (secondary N) is 2. The molecule has 0 aliphatic carbocycles. The number of anilines is 2. The molecule has 2 aromatic carbocycles. The Morgan fingerprint density at radius 1 is 0.933 bits per heavy atom. The van der Waals surface area contributed by atoms with Gasteiger partial charge in [-0.25, -0.2) is 4.79 Å². The highest BCUT2D eigenvalue weighted by molar-refractivity contribution is 5.97. The average molecular weight is 418 g/mol. The molecule has 0 bridgehead atoms. The van der Waals surface area contributed by atoms with E-state index in [1.807, 2.05) is 0 Å². The van der Waals surface area contributed by atoms with E-state index < -0.39 is 24.6 Å². The molecule has 0 heterocycles. The maximum atomic E-state index is 12.2. The van der Waals surface area contributed by atoms with E-state index in [1.54, 1.807) is 24.3 Å². The number of benzene rings is 2. The third kappa shape index (κ3) is 7.70. The van der Waals surface area contributed by atoms with Gasteiger partial charge in [0.2, 0.25) is 5.91 Å². The topological polar surface area (TPSA) is 93.7 Å². The molecule has 2 amide bonds. The van der Waals surface area contributed by atoms with Gasteiger partial charge in [-0.05, 0) is 55.0 Å². The van der Waals surface area contributed by atoms with Crippen LogP contribution in [0.5, 0.6) is 5.75 Å². The summed E-state index contributed by atoms with van der Waals surface area (Å²) in [5, 5.41) is 5.20. The molecule has 1 atom stereocenters. The molecular formula is C21H20F2N2O5. The fourth-order valence-electron chi connectivity index (χ4n) is 2.28. The van der Waals surface area contributed by atoms with E-state index in [1.165, 1.54) is 44.2 Å². The standard InChI is InChI=1S/C21H20F2N2O5/c1-13(20(28)25-17-8-6-16(7-9-17)24-14(2)26)29-19(27)12-5-15-3-10-18(11-4-15)30-21(22)23/h3-13,21H,1-2H3,(H,24,26)(H,25,28)/b12-5+/t13-/m0/s1. The third-order valence-corrected chi connectivity index (χ3v) is 3.65. The predicted molar refractivity (Wildman–Crippen MR) is 107 cm³/mol. The first-order valence-corrected chi connectivity index (χ1v) is 8.85. The second-order valence-electron chi connectivity index (χ2n) is 6.11. The van der Waals surface area contributed by atoms with Gasteiger partial charge in [-0.2, -0.15) is 8.78 Å². The SMILES string of the molecule is CC(=O)Nc1ccc(NC(=O)[C@H](C)OC(=O)/C=C/c2ccc(OC(F)F)cc2)cc1. The molecule has 0 aliphatic rings. The van der Waals surface area contributed by atoms with E-state index in [9.17, 15) is 23.2 Å². The second-order valence-corrected chi connectivity index (χ2v) is 6.11. The van der Waals surface area contributed by atoms with Crippen LogP contribution < -0.4 is 15.4 Å². The largest absolute Gasteiger partial charge is 0.449 e. The number of esters is 1. The third-order valence-electron chi connectivity index (χ3n) is 3.65. The molecule has 0 saturated heterocycles. The molecule has 0 aromatic heterocycles. The number of hydrogen-bond donors (Lipinski definition) is 2. The van der Waals surface area contributed by atoms with Crippen LogP contribution in [-0.4, -0.2) is 30.5 Å². The number of halogens is 2. The van der Waals surface area contributed by atoms with Crippen LogP contribution in [0, 0.1) is 0 Å². The van der Waals surface area contributed by atoms with E-state index >= 15 is 0 Å². The molecule has 0 aliphatic heterocycles. The molecule has 2 aromatic rings. The zero-order chi connectivity index (χ0) is 22.1. The van der Waals surface area contributed by atoms with Gasteiger partial charge in [-0.1, -0.05) is 12.1 Å². The maximum Gasteiger partial charge on any atom is 0.387 e. The Kier molecular flexibility index (Phi) is 8.04. The number of carbonyl (C=O) groups is 3. The van der Waals surface area contributed by atoms with Crippen molar-refractivity contribution in [3.05, 3.63) is 60.2 Å². The summed E-state index contributed by atoms with van der Waals surface area (Å²) in [4.78, 5) is 35.0. The van der Waals surface area contributed by atoms with Crippen molar-refractivity contribution < 1.29 is 32.6 Å². The Balaban J connectivity index is 1.84. The minimum absolute atomic E-state index is 0.000118. The summed E-state index contributed by atoms with van der Waals surface area (Å²) in [5.74, 6) is -1.48. The van der Waals surface area contributed by atoms with Crippen LogP contribution >= 0.6 is 0 Å². The quantitative estimate of drug-likeness (QED) is 0.502. The van der Waals surface area contributed by atoms with Crippen LogP contribution in [0.4, 0.5) is 20.2 Å². The van der Waals surface area contributed by atoms with Gasteiger partial charge in [0, 0.05) is 24.4 Å². The van der Waals surface area contributed by atoms with Crippen LogP contribution in [-0.2, 0) is 19.1 Å². The van der Waals surface area contributed by atoms with Crippen LogP contribution in [0.3, 0.4) is 0 Å². The first-order chi connectivity index (χ1) is 14.2. The highest BCUT2D eigenvalue weighted by atomic mass is 19.3. The molecule has 7 nitrogen and oxygen atoms in total. The molecule has 30 heavy (non-hydrogen) atoms. The van der Waals surface area contributed by atoms with Crippen molar-refractivity contribution in [2.45, 2.75) is 26.6 Å². The highest BCUT2D eigenvalue weighted by Crippen LogP contribution is 2.16. The first-order valence-electron chi connectivity index (χ1n) is 8.85. The van der Waals surface area contributed by atoms with Gasteiger partial charge in [-0.3, -0.25) is 9.59 Å². The van der Waals surface area contributed by atoms with Gasteiger partial charge in [0.05, 0.1) is 0 Å². The fourth-order valence-corrected chi connectivity index (χ4v) is 2.28. The lowest BCUT2D eigenvalue weighted by molar-refractivity contribution is -0.148. The molecule has 0 radical (unpaired) electrons. The molecule has 0 spiro atoms. The van der Waals surface area contributed by atoms with Crippen molar-refractivity contribution in [3.63, 3.8) is 0 Å². The zero-order valence-electron chi connectivity index (χ0n) is 16.2. The molecule has 9 heteroatoms.